The fourth-order valence-corrected chi connectivity index (χ4v) is 3.61. The van der Waals surface area contributed by atoms with Gasteiger partial charge in [0.15, 0.2) is 5.78 Å². The number of nitrogen functional groups attached to an aromatic ring is 1. The Balaban J connectivity index is 1.62. The minimum atomic E-state index is -4.38. The molecule has 168 valence electrons. The molecule has 0 atom stereocenters. The van der Waals surface area contributed by atoms with Gasteiger partial charge in [0.25, 0.3) is 5.56 Å². The monoisotopic (exact) mass is 439 g/mol. The molecule has 2 aromatic rings. The quantitative estimate of drug-likeness (QED) is 0.689. The molecule has 1 aromatic heterocycles. The third-order valence-corrected chi connectivity index (χ3v) is 5.48. The number of piperazine rings is 1. The van der Waals surface area contributed by atoms with Crippen LogP contribution in [0.3, 0.4) is 0 Å². The Morgan fingerprint density at radius 3 is 2.26 bits per heavy atom. The Morgan fingerprint density at radius 1 is 1.03 bits per heavy atom. The van der Waals surface area contributed by atoms with E-state index in [-0.39, 0.29) is 17.9 Å². The van der Waals surface area contributed by atoms with Gasteiger partial charge in [-0.05, 0) is 11.6 Å². The van der Waals surface area contributed by atoms with Gasteiger partial charge in [0.2, 0.25) is 0 Å². The van der Waals surface area contributed by atoms with Gasteiger partial charge in [-0.3, -0.25) is 28.5 Å². The van der Waals surface area contributed by atoms with Gasteiger partial charge in [0.1, 0.15) is 11.4 Å². The molecule has 11 heteroatoms. The number of Topliss-reactive ketones (excluding diaryl/α,β-unsaturated/α-hetero) is 1. The van der Waals surface area contributed by atoms with Crippen molar-refractivity contribution >= 4 is 11.6 Å². The number of anilines is 1. The molecule has 1 saturated heterocycles. The average Bonchev–Trinajstić information content (AvgIpc) is 2.72. The molecule has 8 nitrogen and oxygen atoms in total. The van der Waals surface area contributed by atoms with Crippen molar-refractivity contribution in [2.75, 3.05) is 38.5 Å². The van der Waals surface area contributed by atoms with Crippen LogP contribution in [0.1, 0.15) is 21.5 Å². The molecule has 2 N–H and O–H groups in total. The number of aromatic nitrogens is 2. The summed E-state index contributed by atoms with van der Waals surface area (Å²) in [5, 5.41) is 0. The zero-order valence-corrected chi connectivity index (χ0v) is 17.3. The minimum absolute atomic E-state index is 0.0327. The number of hydrogen-bond acceptors (Lipinski definition) is 6. The number of nitrogens with zero attached hydrogens (tertiary/aromatic N) is 4. The molecule has 31 heavy (non-hydrogen) atoms. The Labute approximate surface area is 176 Å². The molecular weight excluding hydrogens is 415 g/mol. The third kappa shape index (κ3) is 4.88. The highest BCUT2D eigenvalue weighted by molar-refractivity contribution is 6.01. The fraction of sp³-hybridized carbons (Fsp3) is 0.450. The highest BCUT2D eigenvalue weighted by Crippen LogP contribution is 2.29. The van der Waals surface area contributed by atoms with Crippen molar-refractivity contribution in [2.24, 2.45) is 14.1 Å². The predicted molar refractivity (Wildman–Crippen MR) is 109 cm³/mol. The van der Waals surface area contributed by atoms with Crippen LogP contribution in [-0.4, -0.2) is 57.4 Å². The molecule has 2 heterocycles. The lowest BCUT2D eigenvalue weighted by molar-refractivity contribution is -0.137. The van der Waals surface area contributed by atoms with E-state index < -0.39 is 28.8 Å². The molecule has 1 aliphatic rings. The largest absolute Gasteiger partial charge is 0.416 e. The Bertz CT molecular complexity index is 1100. The molecule has 0 spiro atoms. The molecule has 0 unspecified atom stereocenters. The summed E-state index contributed by atoms with van der Waals surface area (Å²) in [4.78, 5) is 40.8. The van der Waals surface area contributed by atoms with Gasteiger partial charge < -0.3 is 5.73 Å². The van der Waals surface area contributed by atoms with Crippen molar-refractivity contribution < 1.29 is 18.0 Å². The zero-order valence-electron chi connectivity index (χ0n) is 17.3. The molecule has 1 aliphatic heterocycles. The molecule has 1 fully saturated rings. The lowest BCUT2D eigenvalue weighted by Gasteiger charge is -2.34. The summed E-state index contributed by atoms with van der Waals surface area (Å²) in [5.74, 6) is -0.638. The number of alkyl halides is 3. The van der Waals surface area contributed by atoms with Gasteiger partial charge in [-0.1, -0.05) is 18.2 Å². The Morgan fingerprint density at radius 2 is 1.65 bits per heavy atom. The van der Waals surface area contributed by atoms with Crippen LogP contribution in [0.25, 0.3) is 0 Å². The summed E-state index contributed by atoms with van der Waals surface area (Å²) in [6.45, 7) is 2.48. The van der Waals surface area contributed by atoms with Crippen molar-refractivity contribution in [3.63, 3.8) is 0 Å². The summed E-state index contributed by atoms with van der Waals surface area (Å²) in [7, 11) is 2.67. The van der Waals surface area contributed by atoms with Gasteiger partial charge in [-0.2, -0.15) is 13.2 Å². The van der Waals surface area contributed by atoms with E-state index in [1.165, 1.54) is 20.2 Å². The van der Waals surface area contributed by atoms with E-state index in [4.69, 9.17) is 5.73 Å². The standard InChI is InChI=1S/C20H24F3N5O3/c1-25-17(24)16(18(30)26(2)19(25)31)15(29)12-28-8-6-27(7-9-28)11-13-4-3-5-14(10-13)20(21,22)23/h3-5,10H,6-9,11-12,24H2,1-2H3. The Kier molecular flexibility index (Phi) is 6.37. The van der Waals surface area contributed by atoms with E-state index in [1.54, 1.807) is 6.07 Å². The molecule has 0 saturated carbocycles. The van der Waals surface area contributed by atoms with E-state index >= 15 is 0 Å². The summed E-state index contributed by atoms with van der Waals surface area (Å²) in [6.07, 6.45) is -4.38. The van der Waals surface area contributed by atoms with Crippen LogP contribution in [0.5, 0.6) is 0 Å². The summed E-state index contributed by atoms with van der Waals surface area (Å²) in [5.41, 5.74) is 4.18. The van der Waals surface area contributed by atoms with Crippen LogP contribution in [0.15, 0.2) is 33.9 Å². The lowest BCUT2D eigenvalue weighted by Crippen LogP contribution is -2.48. The van der Waals surface area contributed by atoms with Crippen LogP contribution in [-0.2, 0) is 26.8 Å². The topological polar surface area (TPSA) is 93.6 Å². The van der Waals surface area contributed by atoms with E-state index in [0.717, 1.165) is 21.3 Å². The van der Waals surface area contributed by atoms with Gasteiger partial charge in [-0.15, -0.1) is 0 Å². The number of carbonyl (C=O) groups is 1. The number of carbonyl (C=O) groups excluding carboxylic acids is 1. The zero-order chi connectivity index (χ0) is 22.9. The molecule has 0 radical (unpaired) electrons. The SMILES string of the molecule is Cn1c(N)c(C(=O)CN2CCN(Cc3cccc(C(F)(F)F)c3)CC2)c(=O)n(C)c1=O. The van der Waals surface area contributed by atoms with Crippen molar-refractivity contribution in [1.82, 2.24) is 18.9 Å². The number of halogens is 3. The van der Waals surface area contributed by atoms with Gasteiger partial charge >= 0.3 is 11.9 Å². The molecule has 0 amide bonds. The van der Waals surface area contributed by atoms with E-state index in [2.05, 4.69) is 0 Å². The first-order valence-electron chi connectivity index (χ1n) is 9.68. The maximum absolute atomic E-state index is 12.9. The first-order chi connectivity index (χ1) is 14.5. The van der Waals surface area contributed by atoms with Crippen LogP contribution < -0.4 is 17.0 Å². The number of hydrogen-bond donors (Lipinski definition) is 1. The number of nitrogens with two attached hydrogens (primary N) is 1. The van der Waals surface area contributed by atoms with Gasteiger partial charge in [0, 0.05) is 46.8 Å². The summed E-state index contributed by atoms with van der Waals surface area (Å²) < 4.78 is 40.6. The first kappa shape index (κ1) is 22.8. The number of benzene rings is 1. The van der Waals surface area contributed by atoms with Crippen molar-refractivity contribution in [2.45, 2.75) is 12.7 Å². The van der Waals surface area contributed by atoms with Crippen LogP contribution in [0.4, 0.5) is 19.0 Å². The number of rotatable bonds is 5. The fourth-order valence-electron chi connectivity index (χ4n) is 3.61. The lowest BCUT2D eigenvalue weighted by atomic mass is 10.1. The predicted octanol–water partition coefficient (Wildman–Crippen LogP) is 0.686. The normalized spacial score (nSPS) is 15.9. The number of ketones is 1. The van der Waals surface area contributed by atoms with Crippen molar-refractivity contribution in [3.8, 4) is 0 Å². The molecule has 1 aromatic carbocycles. The summed E-state index contributed by atoms with van der Waals surface area (Å²) in [6, 6.07) is 5.24. The maximum Gasteiger partial charge on any atom is 0.416 e. The highest BCUT2D eigenvalue weighted by Gasteiger charge is 2.30. The second-order valence-corrected chi connectivity index (χ2v) is 7.64. The second-order valence-electron chi connectivity index (χ2n) is 7.64. The van der Waals surface area contributed by atoms with Crippen LogP contribution in [0.2, 0.25) is 0 Å². The van der Waals surface area contributed by atoms with Crippen molar-refractivity contribution in [1.29, 1.82) is 0 Å². The van der Waals surface area contributed by atoms with E-state index in [0.29, 0.717) is 38.3 Å². The molecule has 0 aliphatic carbocycles. The first-order valence-corrected chi connectivity index (χ1v) is 9.68. The maximum atomic E-state index is 12.9. The second kappa shape index (κ2) is 8.67. The van der Waals surface area contributed by atoms with Crippen LogP contribution >= 0.6 is 0 Å². The Hall–Kier alpha value is -2.92. The van der Waals surface area contributed by atoms with Gasteiger partial charge in [-0.25, -0.2) is 4.79 Å². The highest BCUT2D eigenvalue weighted by atomic mass is 19.4. The summed E-state index contributed by atoms with van der Waals surface area (Å²) >= 11 is 0. The van der Waals surface area contributed by atoms with E-state index in [9.17, 15) is 27.6 Å². The smallest absolute Gasteiger partial charge is 0.384 e. The third-order valence-electron chi connectivity index (χ3n) is 5.48. The molecule has 0 bridgehead atoms. The average molecular weight is 439 g/mol. The van der Waals surface area contributed by atoms with E-state index in [1.807, 2.05) is 9.80 Å². The van der Waals surface area contributed by atoms with Crippen molar-refractivity contribution in [3.05, 3.63) is 61.8 Å². The molecule has 3 rings (SSSR count). The minimum Gasteiger partial charge on any atom is -0.384 e. The van der Waals surface area contributed by atoms with Crippen LogP contribution in [0, 0.1) is 0 Å². The van der Waals surface area contributed by atoms with Gasteiger partial charge in [0.05, 0.1) is 12.1 Å². The molecular formula is C20H24F3N5O3.